The van der Waals surface area contributed by atoms with Crippen molar-refractivity contribution in [1.29, 1.82) is 0 Å². The minimum absolute atomic E-state index is 0.0338. The zero-order chi connectivity index (χ0) is 9.14. The Morgan fingerprint density at radius 3 is 2.42 bits per heavy atom. The summed E-state index contributed by atoms with van der Waals surface area (Å²) in [5, 5.41) is 6.15. The molecule has 0 aliphatic heterocycles. The third kappa shape index (κ3) is 2.22. The van der Waals surface area contributed by atoms with Gasteiger partial charge in [-0.15, -0.1) is 5.10 Å². The second kappa shape index (κ2) is 3.57. The molecule has 0 amide bonds. The van der Waals surface area contributed by atoms with Crippen LogP contribution in [0.2, 0.25) is 0 Å². The van der Waals surface area contributed by atoms with Gasteiger partial charge in [0.25, 0.3) is 5.19 Å². The molecule has 0 saturated carbocycles. The van der Waals surface area contributed by atoms with Crippen LogP contribution in [0, 0.1) is 0 Å². The highest BCUT2D eigenvalue weighted by molar-refractivity contribution is 7.16. The standard InChI is InChI=1S/C4H4F3N3OS/c5-1(6)2(7)11-4-10-9-3(8)12-4/h1-2H,(H2,8,9). The summed E-state index contributed by atoms with van der Waals surface area (Å²) in [6.45, 7) is 0. The van der Waals surface area contributed by atoms with Crippen molar-refractivity contribution >= 4 is 16.5 Å². The van der Waals surface area contributed by atoms with Gasteiger partial charge in [0.2, 0.25) is 5.13 Å². The van der Waals surface area contributed by atoms with Gasteiger partial charge in [0.05, 0.1) is 0 Å². The van der Waals surface area contributed by atoms with Gasteiger partial charge in [-0.05, 0) is 11.3 Å². The van der Waals surface area contributed by atoms with Crippen LogP contribution >= 0.6 is 11.3 Å². The second-order valence-corrected chi connectivity index (χ2v) is 2.68. The number of anilines is 1. The van der Waals surface area contributed by atoms with Crippen molar-refractivity contribution < 1.29 is 17.9 Å². The summed E-state index contributed by atoms with van der Waals surface area (Å²) in [5.41, 5.74) is 5.09. The van der Waals surface area contributed by atoms with Crippen molar-refractivity contribution in [1.82, 2.24) is 10.2 Å². The summed E-state index contributed by atoms with van der Waals surface area (Å²) in [6, 6.07) is 0. The minimum Gasteiger partial charge on any atom is -0.428 e. The molecule has 0 radical (unpaired) electrons. The fourth-order valence-corrected chi connectivity index (χ4v) is 0.898. The Labute approximate surface area is 69.2 Å². The van der Waals surface area contributed by atoms with Gasteiger partial charge in [0, 0.05) is 0 Å². The summed E-state index contributed by atoms with van der Waals surface area (Å²) < 4.78 is 39.3. The molecule has 0 fully saturated rings. The Morgan fingerprint density at radius 1 is 1.33 bits per heavy atom. The monoisotopic (exact) mass is 199 g/mol. The zero-order valence-corrected chi connectivity index (χ0v) is 6.39. The number of ether oxygens (including phenoxy) is 1. The average Bonchev–Trinajstić information content (AvgIpc) is 2.35. The van der Waals surface area contributed by atoms with Crippen LogP contribution in [-0.2, 0) is 0 Å². The summed E-state index contributed by atoms with van der Waals surface area (Å²) in [7, 11) is 0. The van der Waals surface area contributed by atoms with Crippen molar-refractivity contribution in [2.45, 2.75) is 12.8 Å². The van der Waals surface area contributed by atoms with Crippen LogP contribution < -0.4 is 10.5 Å². The van der Waals surface area contributed by atoms with Crippen LogP contribution in [0.3, 0.4) is 0 Å². The first-order valence-corrected chi connectivity index (χ1v) is 3.59. The first-order chi connectivity index (χ1) is 5.59. The Hall–Kier alpha value is -1.05. The van der Waals surface area contributed by atoms with Crippen LogP contribution in [0.5, 0.6) is 5.19 Å². The lowest BCUT2D eigenvalue weighted by Gasteiger charge is -2.05. The van der Waals surface area contributed by atoms with E-state index < -0.39 is 12.8 Å². The highest BCUT2D eigenvalue weighted by Crippen LogP contribution is 2.22. The first-order valence-electron chi connectivity index (χ1n) is 2.77. The molecule has 1 unspecified atom stereocenters. The molecule has 0 aliphatic rings. The van der Waals surface area contributed by atoms with Crippen molar-refractivity contribution in [3.63, 3.8) is 0 Å². The molecule has 0 aliphatic carbocycles. The fraction of sp³-hybridized carbons (Fsp3) is 0.500. The molecular formula is C4H4F3N3OS. The highest BCUT2D eigenvalue weighted by Gasteiger charge is 2.22. The van der Waals surface area contributed by atoms with Gasteiger partial charge >= 0.3 is 12.8 Å². The van der Waals surface area contributed by atoms with E-state index in [1.165, 1.54) is 0 Å². The van der Waals surface area contributed by atoms with E-state index in [1.807, 2.05) is 0 Å². The normalized spacial score (nSPS) is 13.3. The molecule has 12 heavy (non-hydrogen) atoms. The number of hydrogen-bond donors (Lipinski definition) is 1. The zero-order valence-electron chi connectivity index (χ0n) is 5.58. The topological polar surface area (TPSA) is 61.0 Å². The van der Waals surface area contributed by atoms with Crippen LogP contribution in [0.4, 0.5) is 18.3 Å². The smallest absolute Gasteiger partial charge is 0.304 e. The van der Waals surface area contributed by atoms with Gasteiger partial charge in [0.1, 0.15) is 0 Å². The van der Waals surface area contributed by atoms with E-state index in [9.17, 15) is 13.2 Å². The number of nitrogens with two attached hydrogens (primary N) is 1. The molecule has 1 aromatic rings. The van der Waals surface area contributed by atoms with E-state index in [1.54, 1.807) is 0 Å². The molecule has 0 saturated heterocycles. The number of alkyl halides is 3. The lowest BCUT2D eigenvalue weighted by atomic mass is 10.7. The summed E-state index contributed by atoms with van der Waals surface area (Å²) in [6.07, 6.45) is -5.88. The average molecular weight is 199 g/mol. The molecule has 4 nitrogen and oxygen atoms in total. The van der Waals surface area contributed by atoms with E-state index in [0.29, 0.717) is 11.3 Å². The maximum atomic E-state index is 12.1. The largest absolute Gasteiger partial charge is 0.428 e. The van der Waals surface area contributed by atoms with Crippen LogP contribution in [0.25, 0.3) is 0 Å². The molecule has 0 bridgehead atoms. The number of rotatable bonds is 3. The number of hydrogen-bond acceptors (Lipinski definition) is 5. The molecule has 0 spiro atoms. The van der Waals surface area contributed by atoms with Gasteiger partial charge in [-0.3, -0.25) is 0 Å². The van der Waals surface area contributed by atoms with Crippen LogP contribution in [0.15, 0.2) is 0 Å². The number of aromatic nitrogens is 2. The quantitative estimate of drug-likeness (QED) is 0.790. The third-order valence-electron chi connectivity index (χ3n) is 0.834. The first kappa shape index (κ1) is 9.04. The molecule has 1 rings (SSSR count). The van der Waals surface area contributed by atoms with Crippen LogP contribution in [-0.4, -0.2) is 23.0 Å². The summed E-state index contributed by atoms with van der Waals surface area (Å²) in [4.78, 5) is 0. The van der Waals surface area contributed by atoms with Gasteiger partial charge in [0.15, 0.2) is 0 Å². The van der Waals surface area contributed by atoms with Gasteiger partial charge < -0.3 is 10.5 Å². The number of halogens is 3. The van der Waals surface area contributed by atoms with Gasteiger partial charge in [-0.25, -0.2) is 8.78 Å². The maximum absolute atomic E-state index is 12.1. The molecule has 2 N–H and O–H groups in total. The molecular weight excluding hydrogens is 195 g/mol. The number of nitrogens with zero attached hydrogens (tertiary/aromatic N) is 2. The predicted octanol–water partition coefficient (Wildman–Crippen LogP) is 1.06. The van der Waals surface area contributed by atoms with Crippen molar-refractivity contribution in [2.75, 3.05) is 5.73 Å². The molecule has 1 aromatic heterocycles. The van der Waals surface area contributed by atoms with E-state index >= 15 is 0 Å². The van der Waals surface area contributed by atoms with Crippen LogP contribution in [0.1, 0.15) is 0 Å². The van der Waals surface area contributed by atoms with Crippen molar-refractivity contribution in [2.24, 2.45) is 0 Å². The summed E-state index contributed by atoms with van der Waals surface area (Å²) in [5.74, 6) is 0. The number of nitrogen functional groups attached to an aromatic ring is 1. The van der Waals surface area contributed by atoms with E-state index in [4.69, 9.17) is 5.73 Å². The Kier molecular flexibility index (Phi) is 2.69. The molecule has 68 valence electrons. The van der Waals surface area contributed by atoms with Crippen molar-refractivity contribution in [3.8, 4) is 5.19 Å². The Bertz CT molecular complexity index is 255. The summed E-state index contributed by atoms with van der Waals surface area (Å²) >= 11 is 0.693. The van der Waals surface area contributed by atoms with E-state index in [0.717, 1.165) is 0 Å². The third-order valence-corrected chi connectivity index (χ3v) is 1.48. The molecule has 8 heteroatoms. The molecule has 0 aromatic carbocycles. The lowest BCUT2D eigenvalue weighted by molar-refractivity contribution is -0.0672. The molecule has 1 heterocycles. The highest BCUT2D eigenvalue weighted by atomic mass is 32.1. The second-order valence-electron chi connectivity index (χ2n) is 1.71. The molecule has 1 atom stereocenters. The van der Waals surface area contributed by atoms with Gasteiger partial charge in [-0.2, -0.15) is 4.39 Å². The Balaban J connectivity index is 2.52. The lowest BCUT2D eigenvalue weighted by Crippen LogP contribution is -2.19. The predicted molar refractivity (Wildman–Crippen MR) is 35.8 cm³/mol. The van der Waals surface area contributed by atoms with E-state index in [-0.39, 0.29) is 10.3 Å². The van der Waals surface area contributed by atoms with Crippen molar-refractivity contribution in [3.05, 3.63) is 0 Å². The Morgan fingerprint density at radius 2 is 2.00 bits per heavy atom. The maximum Gasteiger partial charge on any atom is 0.304 e. The van der Waals surface area contributed by atoms with Gasteiger partial charge in [-0.1, -0.05) is 5.10 Å². The minimum atomic E-state index is -3.20. The SMILES string of the molecule is Nc1nnc(OC(F)C(F)F)s1. The fourth-order valence-electron chi connectivity index (χ4n) is 0.416. The van der Waals surface area contributed by atoms with E-state index in [2.05, 4.69) is 14.9 Å².